The molecule has 0 aliphatic carbocycles. The van der Waals surface area contributed by atoms with Gasteiger partial charge in [0.2, 0.25) is 0 Å². The zero-order valence-electron chi connectivity index (χ0n) is 18.3. The van der Waals surface area contributed by atoms with E-state index in [0.29, 0.717) is 19.0 Å². The van der Waals surface area contributed by atoms with Gasteiger partial charge in [0.25, 0.3) is 0 Å². The van der Waals surface area contributed by atoms with Crippen LogP contribution >= 0.6 is 0 Å². The van der Waals surface area contributed by atoms with Crippen molar-refractivity contribution in [3.63, 3.8) is 0 Å². The molecule has 0 radical (unpaired) electrons. The smallest absolute Gasteiger partial charge is 0.308 e. The Kier molecular flexibility index (Phi) is 11.7. The largest absolute Gasteiger partial charge is 0.427 e. The summed E-state index contributed by atoms with van der Waals surface area (Å²) < 4.78 is 15.8. The monoisotopic (exact) mass is 414 g/mol. The Morgan fingerprint density at radius 1 is 0.800 bits per heavy atom. The third kappa shape index (κ3) is 9.94. The maximum atomic E-state index is 11.0. The minimum absolute atomic E-state index is 0.321. The molecule has 6 heteroatoms. The fourth-order valence-electron chi connectivity index (χ4n) is 3.07. The summed E-state index contributed by atoms with van der Waals surface area (Å²) >= 11 is 0. The second-order valence-electron chi connectivity index (χ2n) is 7.19. The number of benzene rings is 1. The van der Waals surface area contributed by atoms with Gasteiger partial charge in [-0.2, -0.15) is 0 Å². The summed E-state index contributed by atoms with van der Waals surface area (Å²) in [6.45, 7) is 6.37. The molecule has 0 saturated heterocycles. The SMILES string of the molecule is CCOCCOCCCCCCCCc1ncc(-c2ccc(OC(C)=O)cc2)cn1. The zero-order chi connectivity index (χ0) is 21.4. The van der Waals surface area contributed by atoms with Gasteiger partial charge < -0.3 is 14.2 Å². The molecule has 1 aromatic heterocycles. The van der Waals surface area contributed by atoms with Crippen LogP contribution in [0.15, 0.2) is 36.7 Å². The first-order chi connectivity index (χ1) is 14.7. The number of carbonyl (C=O) groups is 1. The number of unbranched alkanes of at least 4 members (excludes halogenated alkanes) is 5. The third-order valence-electron chi connectivity index (χ3n) is 4.67. The molecule has 0 N–H and O–H groups in total. The van der Waals surface area contributed by atoms with Crippen molar-refractivity contribution in [1.82, 2.24) is 9.97 Å². The van der Waals surface area contributed by atoms with Gasteiger partial charge >= 0.3 is 5.97 Å². The minimum Gasteiger partial charge on any atom is -0.427 e. The summed E-state index contributed by atoms with van der Waals surface area (Å²) in [4.78, 5) is 20.0. The Morgan fingerprint density at radius 3 is 2.10 bits per heavy atom. The highest BCUT2D eigenvalue weighted by atomic mass is 16.5. The standard InChI is InChI=1S/C24H34N2O4/c1-3-28-16-17-29-15-9-7-5-4-6-8-10-24-25-18-22(19-26-24)21-11-13-23(14-12-21)30-20(2)27/h11-14,18-19H,3-10,15-17H2,1-2H3. The summed E-state index contributed by atoms with van der Waals surface area (Å²) in [5, 5.41) is 0. The molecule has 6 nitrogen and oxygen atoms in total. The number of ether oxygens (including phenoxy) is 3. The number of carbonyl (C=O) groups excluding carboxylic acids is 1. The number of nitrogens with zero attached hydrogens (tertiary/aromatic N) is 2. The van der Waals surface area contributed by atoms with Crippen LogP contribution in [-0.4, -0.2) is 42.4 Å². The minimum atomic E-state index is -0.321. The first-order valence-corrected chi connectivity index (χ1v) is 10.9. The van der Waals surface area contributed by atoms with Crippen molar-refractivity contribution in [2.45, 2.75) is 58.8 Å². The molecule has 0 spiro atoms. The fourth-order valence-corrected chi connectivity index (χ4v) is 3.07. The molecule has 1 heterocycles. The Morgan fingerprint density at radius 2 is 1.43 bits per heavy atom. The lowest BCUT2D eigenvalue weighted by Crippen LogP contribution is -2.04. The normalized spacial score (nSPS) is 10.9. The van der Waals surface area contributed by atoms with E-state index in [1.807, 2.05) is 31.5 Å². The van der Waals surface area contributed by atoms with Crippen molar-refractivity contribution in [1.29, 1.82) is 0 Å². The molecule has 0 amide bonds. The molecular formula is C24H34N2O4. The lowest BCUT2D eigenvalue weighted by molar-refractivity contribution is -0.131. The summed E-state index contributed by atoms with van der Waals surface area (Å²) in [7, 11) is 0. The Labute approximate surface area is 180 Å². The number of esters is 1. The van der Waals surface area contributed by atoms with E-state index >= 15 is 0 Å². The third-order valence-corrected chi connectivity index (χ3v) is 4.67. The molecular weight excluding hydrogens is 380 g/mol. The summed E-state index contributed by atoms with van der Waals surface area (Å²) in [5.74, 6) is 1.11. The van der Waals surface area contributed by atoms with Crippen LogP contribution in [0.25, 0.3) is 11.1 Å². The van der Waals surface area contributed by atoms with Gasteiger partial charge in [-0.05, 0) is 37.5 Å². The first kappa shape index (κ1) is 24.0. The lowest BCUT2D eigenvalue weighted by atomic mass is 10.1. The molecule has 164 valence electrons. The van der Waals surface area contributed by atoms with Gasteiger partial charge in [0.1, 0.15) is 11.6 Å². The molecule has 30 heavy (non-hydrogen) atoms. The van der Waals surface area contributed by atoms with Gasteiger partial charge in [0.15, 0.2) is 0 Å². The quantitative estimate of drug-likeness (QED) is 0.232. The second-order valence-corrected chi connectivity index (χ2v) is 7.19. The van der Waals surface area contributed by atoms with Crippen LogP contribution in [0.5, 0.6) is 5.75 Å². The van der Waals surface area contributed by atoms with Crippen molar-refractivity contribution in [2.24, 2.45) is 0 Å². The van der Waals surface area contributed by atoms with Gasteiger partial charge in [0.05, 0.1) is 13.2 Å². The summed E-state index contributed by atoms with van der Waals surface area (Å²) in [6, 6.07) is 7.36. The zero-order valence-corrected chi connectivity index (χ0v) is 18.3. The van der Waals surface area contributed by atoms with Gasteiger partial charge in [-0.15, -0.1) is 0 Å². The number of hydrogen-bond acceptors (Lipinski definition) is 6. The van der Waals surface area contributed by atoms with Crippen LogP contribution in [0.2, 0.25) is 0 Å². The predicted octanol–water partition coefficient (Wildman–Crippen LogP) is 5.01. The molecule has 0 fully saturated rings. The van der Waals surface area contributed by atoms with Crippen molar-refractivity contribution in [3.8, 4) is 16.9 Å². The van der Waals surface area contributed by atoms with Crippen LogP contribution in [-0.2, 0) is 20.7 Å². The molecule has 0 aliphatic rings. The van der Waals surface area contributed by atoms with Gasteiger partial charge in [-0.1, -0.05) is 37.8 Å². The highest BCUT2D eigenvalue weighted by molar-refractivity contribution is 5.70. The average molecular weight is 415 g/mol. The van der Waals surface area contributed by atoms with E-state index in [0.717, 1.165) is 49.4 Å². The van der Waals surface area contributed by atoms with Crippen LogP contribution in [0.3, 0.4) is 0 Å². The molecule has 1 aromatic carbocycles. The van der Waals surface area contributed by atoms with Crippen LogP contribution in [0.1, 0.15) is 58.2 Å². The van der Waals surface area contributed by atoms with Crippen LogP contribution in [0, 0.1) is 0 Å². The van der Waals surface area contributed by atoms with E-state index in [1.165, 1.54) is 32.6 Å². The van der Waals surface area contributed by atoms with E-state index in [4.69, 9.17) is 14.2 Å². The van der Waals surface area contributed by atoms with Crippen molar-refractivity contribution in [3.05, 3.63) is 42.5 Å². The topological polar surface area (TPSA) is 70.5 Å². The number of hydrogen-bond donors (Lipinski definition) is 0. The Bertz CT molecular complexity index is 717. The van der Waals surface area contributed by atoms with E-state index in [-0.39, 0.29) is 5.97 Å². The molecule has 0 unspecified atom stereocenters. The van der Waals surface area contributed by atoms with Crippen LogP contribution < -0.4 is 4.74 Å². The number of aromatic nitrogens is 2. The maximum absolute atomic E-state index is 11.0. The maximum Gasteiger partial charge on any atom is 0.308 e. The van der Waals surface area contributed by atoms with Gasteiger partial charge in [-0.25, -0.2) is 9.97 Å². The predicted molar refractivity (Wildman–Crippen MR) is 117 cm³/mol. The fraction of sp³-hybridized carbons (Fsp3) is 0.542. The van der Waals surface area contributed by atoms with E-state index < -0.39 is 0 Å². The average Bonchev–Trinajstić information content (AvgIpc) is 2.75. The van der Waals surface area contributed by atoms with Crippen molar-refractivity contribution < 1.29 is 19.0 Å². The highest BCUT2D eigenvalue weighted by Crippen LogP contribution is 2.21. The van der Waals surface area contributed by atoms with Gasteiger partial charge in [-0.3, -0.25) is 4.79 Å². The van der Waals surface area contributed by atoms with Crippen molar-refractivity contribution in [2.75, 3.05) is 26.4 Å². The molecule has 0 atom stereocenters. The Balaban J connectivity index is 1.56. The van der Waals surface area contributed by atoms with Crippen molar-refractivity contribution >= 4 is 5.97 Å². The molecule has 0 aliphatic heterocycles. The lowest BCUT2D eigenvalue weighted by Gasteiger charge is -2.06. The first-order valence-electron chi connectivity index (χ1n) is 10.9. The van der Waals surface area contributed by atoms with E-state index in [1.54, 1.807) is 12.1 Å². The molecule has 2 aromatic rings. The number of rotatable bonds is 15. The molecule has 0 saturated carbocycles. The summed E-state index contributed by atoms with van der Waals surface area (Å²) in [6.07, 6.45) is 11.8. The second kappa shape index (κ2) is 14.6. The highest BCUT2D eigenvalue weighted by Gasteiger charge is 2.03. The molecule has 0 bridgehead atoms. The number of aryl methyl sites for hydroxylation is 1. The van der Waals surface area contributed by atoms with E-state index in [2.05, 4.69) is 9.97 Å². The van der Waals surface area contributed by atoms with Gasteiger partial charge in [0, 0.05) is 44.5 Å². The van der Waals surface area contributed by atoms with E-state index in [9.17, 15) is 4.79 Å². The Hall–Kier alpha value is -2.31. The van der Waals surface area contributed by atoms with Crippen LogP contribution in [0.4, 0.5) is 0 Å². The molecule has 2 rings (SSSR count). The summed E-state index contributed by atoms with van der Waals surface area (Å²) in [5.41, 5.74) is 1.95.